The summed E-state index contributed by atoms with van der Waals surface area (Å²) < 4.78 is 12.5. The Balaban J connectivity index is 0.000000167. The molecule has 0 spiro atoms. The van der Waals surface area contributed by atoms with Gasteiger partial charge < -0.3 is 19.7 Å². The zero-order valence-electron chi connectivity index (χ0n) is 36.8. The van der Waals surface area contributed by atoms with Gasteiger partial charge in [-0.05, 0) is 208 Å². The first-order chi connectivity index (χ1) is 25.9. The van der Waals surface area contributed by atoms with Crippen molar-refractivity contribution < 1.29 is 19.7 Å². The van der Waals surface area contributed by atoms with Gasteiger partial charge in [0.1, 0.15) is 0 Å². The molecule has 4 nitrogen and oxygen atoms in total. The Morgan fingerprint density at radius 3 is 1.26 bits per heavy atom. The molecule has 8 rings (SSSR count). The highest BCUT2D eigenvalue weighted by molar-refractivity contribution is 5.13. The smallest absolute Gasteiger partial charge is 0.0608 e. The van der Waals surface area contributed by atoms with Crippen molar-refractivity contribution in [3.63, 3.8) is 0 Å². The third-order valence-electron chi connectivity index (χ3n) is 20.9. The molecule has 0 aromatic carbocycles. The van der Waals surface area contributed by atoms with Crippen molar-refractivity contribution in [2.24, 2.45) is 92.7 Å². The molecule has 2 N–H and O–H groups in total. The van der Waals surface area contributed by atoms with Crippen molar-refractivity contribution in [3.05, 3.63) is 0 Å². The molecule has 54 heavy (non-hydrogen) atoms. The molecule has 0 heterocycles. The topological polar surface area (TPSA) is 58.9 Å². The normalized spacial score (nSPS) is 50.6. The summed E-state index contributed by atoms with van der Waals surface area (Å²) in [5, 5.41) is 18.6. The van der Waals surface area contributed by atoms with Crippen molar-refractivity contribution in [2.75, 3.05) is 27.4 Å². The van der Waals surface area contributed by atoms with E-state index in [4.69, 9.17) is 9.47 Å². The van der Waals surface area contributed by atoms with Gasteiger partial charge in [-0.2, -0.15) is 0 Å². The molecule has 0 saturated heterocycles. The van der Waals surface area contributed by atoms with Crippen LogP contribution < -0.4 is 0 Å². The van der Waals surface area contributed by atoms with Gasteiger partial charge in [0, 0.05) is 27.4 Å². The minimum Gasteiger partial charge on any atom is -0.396 e. The minimum absolute atomic E-state index is 0.355. The number of rotatable bonds is 10. The maximum absolute atomic E-state index is 9.30. The van der Waals surface area contributed by atoms with Crippen LogP contribution in [0.25, 0.3) is 0 Å². The summed E-state index contributed by atoms with van der Waals surface area (Å²) in [6.45, 7) is 16.3. The Morgan fingerprint density at radius 2 is 0.889 bits per heavy atom. The molecule has 8 aliphatic carbocycles. The second kappa shape index (κ2) is 16.8. The van der Waals surface area contributed by atoms with E-state index in [1.54, 1.807) is 0 Å². The van der Waals surface area contributed by atoms with Gasteiger partial charge in [-0.15, -0.1) is 0 Å². The second-order valence-corrected chi connectivity index (χ2v) is 22.6. The van der Waals surface area contributed by atoms with Crippen LogP contribution in [0.2, 0.25) is 0 Å². The minimum atomic E-state index is 0.355. The van der Waals surface area contributed by atoms with Gasteiger partial charge >= 0.3 is 0 Å². The summed E-state index contributed by atoms with van der Waals surface area (Å²) >= 11 is 0. The van der Waals surface area contributed by atoms with Gasteiger partial charge in [0.05, 0.1) is 12.2 Å². The number of aliphatic hydroxyl groups excluding tert-OH is 2. The summed E-state index contributed by atoms with van der Waals surface area (Å²) in [4.78, 5) is 0. The first-order valence-electron chi connectivity index (χ1n) is 24.2. The number of aliphatic hydroxyl groups is 2. The number of fused-ring (bicyclic) bond motifs is 10. The van der Waals surface area contributed by atoms with Crippen molar-refractivity contribution in [3.8, 4) is 0 Å². The third kappa shape index (κ3) is 7.05. The molecule has 0 aliphatic heterocycles. The molecular formula is C50H88O4. The van der Waals surface area contributed by atoms with Crippen LogP contribution in [-0.4, -0.2) is 49.9 Å². The largest absolute Gasteiger partial charge is 0.396 e. The fraction of sp³-hybridized carbons (Fsp3) is 1.00. The predicted octanol–water partition coefficient (Wildman–Crippen LogP) is 12.1. The molecule has 18 atom stereocenters. The molecule has 312 valence electrons. The van der Waals surface area contributed by atoms with Gasteiger partial charge in [-0.25, -0.2) is 0 Å². The molecule has 0 aromatic rings. The van der Waals surface area contributed by atoms with Crippen LogP contribution in [0, 0.1) is 92.7 Å². The summed E-state index contributed by atoms with van der Waals surface area (Å²) in [5.41, 5.74) is 2.18. The number of hydrogen-bond donors (Lipinski definition) is 2. The van der Waals surface area contributed by atoms with E-state index >= 15 is 0 Å². The summed E-state index contributed by atoms with van der Waals surface area (Å²) in [6.07, 6.45) is 31.0. The number of methoxy groups -OCH3 is 2. The zero-order valence-corrected chi connectivity index (χ0v) is 36.8. The van der Waals surface area contributed by atoms with Gasteiger partial charge in [0.15, 0.2) is 0 Å². The Hall–Kier alpha value is -0.160. The van der Waals surface area contributed by atoms with E-state index in [9.17, 15) is 10.2 Å². The highest BCUT2D eigenvalue weighted by atomic mass is 16.5. The average Bonchev–Trinajstić information content (AvgIpc) is 3.72. The molecular weight excluding hydrogens is 665 g/mol. The number of ether oxygens (including phenoxy) is 2. The first kappa shape index (κ1) is 42.0. The highest BCUT2D eigenvalue weighted by Crippen LogP contribution is 2.70. The molecule has 0 aromatic heterocycles. The van der Waals surface area contributed by atoms with Crippen LogP contribution in [0.5, 0.6) is 0 Å². The summed E-state index contributed by atoms with van der Waals surface area (Å²) in [5.74, 6) is 10.1. The quantitative estimate of drug-likeness (QED) is 0.233. The van der Waals surface area contributed by atoms with E-state index in [0.29, 0.717) is 47.1 Å². The third-order valence-corrected chi connectivity index (χ3v) is 20.9. The monoisotopic (exact) mass is 753 g/mol. The molecule has 8 saturated carbocycles. The Kier molecular flexibility index (Phi) is 13.1. The lowest BCUT2D eigenvalue weighted by Crippen LogP contribution is -2.58. The molecule has 0 radical (unpaired) electrons. The van der Waals surface area contributed by atoms with E-state index in [1.165, 1.54) is 128 Å². The Labute approximate surface area is 333 Å². The van der Waals surface area contributed by atoms with Crippen LogP contribution in [0.15, 0.2) is 0 Å². The van der Waals surface area contributed by atoms with E-state index in [1.807, 2.05) is 14.2 Å². The molecule has 0 unspecified atom stereocenters. The molecule has 8 aliphatic rings. The SMILES string of the molecule is CO[C@@H]1C[C@@H]2CCCC[C@]2(C)[C@H]2CC[C@]3(C)[C@@H]([C@H](C)CCCO)CC[C@H]3[C@H]12.CO[C@@H]1C[C@@H]2CCCC[C@]2(C)[C@H]2CC[C@]3(C)[C@@H]([C@H](C)CCCO)CC[C@H]3[C@H]12. The van der Waals surface area contributed by atoms with Crippen molar-refractivity contribution in [1.29, 1.82) is 0 Å². The zero-order chi connectivity index (χ0) is 38.5. The lowest BCUT2D eigenvalue weighted by atomic mass is 9.44. The molecule has 4 heteroatoms. The van der Waals surface area contributed by atoms with Gasteiger partial charge in [-0.1, -0.05) is 67.2 Å². The van der Waals surface area contributed by atoms with Crippen LogP contribution >= 0.6 is 0 Å². The highest BCUT2D eigenvalue weighted by Gasteiger charge is 2.64. The molecule has 0 bridgehead atoms. The first-order valence-corrected chi connectivity index (χ1v) is 24.2. The lowest BCUT2D eigenvalue weighted by molar-refractivity contribution is -0.172. The average molecular weight is 753 g/mol. The maximum Gasteiger partial charge on any atom is 0.0608 e. The Morgan fingerprint density at radius 1 is 0.500 bits per heavy atom. The van der Waals surface area contributed by atoms with Crippen molar-refractivity contribution in [1.82, 2.24) is 0 Å². The standard InChI is InChI=1S/2C25H44O2/c2*1-17(8-7-15-26)19-10-11-20-23-21(12-14-25(19,20)3)24(2)13-6-5-9-18(24)16-22(23)27-4/h2*17-23,26H,5-16H2,1-4H3/t2*17-,18+,19-,20+,21+,22-,23+,24+,25-/m11/s1. The van der Waals surface area contributed by atoms with Gasteiger partial charge in [0.2, 0.25) is 0 Å². The van der Waals surface area contributed by atoms with Crippen LogP contribution in [0.1, 0.15) is 183 Å². The van der Waals surface area contributed by atoms with Crippen LogP contribution in [-0.2, 0) is 9.47 Å². The number of hydrogen-bond acceptors (Lipinski definition) is 4. The van der Waals surface area contributed by atoms with Gasteiger partial charge in [-0.3, -0.25) is 0 Å². The lowest BCUT2D eigenvalue weighted by Gasteiger charge is -2.62. The van der Waals surface area contributed by atoms with E-state index in [-0.39, 0.29) is 0 Å². The fourth-order valence-corrected chi connectivity index (χ4v) is 18.1. The van der Waals surface area contributed by atoms with E-state index in [2.05, 4.69) is 41.5 Å². The fourth-order valence-electron chi connectivity index (χ4n) is 18.1. The van der Waals surface area contributed by atoms with Crippen molar-refractivity contribution in [2.45, 2.75) is 195 Å². The maximum atomic E-state index is 9.30. The summed E-state index contributed by atoms with van der Waals surface area (Å²) in [6, 6.07) is 0. The molecule has 0 amide bonds. The van der Waals surface area contributed by atoms with E-state index < -0.39 is 0 Å². The predicted molar refractivity (Wildman–Crippen MR) is 223 cm³/mol. The van der Waals surface area contributed by atoms with E-state index in [0.717, 1.165) is 83.9 Å². The van der Waals surface area contributed by atoms with Crippen LogP contribution in [0.4, 0.5) is 0 Å². The summed E-state index contributed by atoms with van der Waals surface area (Å²) in [7, 11) is 3.99. The van der Waals surface area contributed by atoms with Crippen molar-refractivity contribution >= 4 is 0 Å². The Bertz CT molecular complexity index is 1130. The van der Waals surface area contributed by atoms with Crippen LogP contribution in [0.3, 0.4) is 0 Å². The second-order valence-electron chi connectivity index (χ2n) is 22.6. The van der Waals surface area contributed by atoms with Gasteiger partial charge in [0.25, 0.3) is 0 Å². The molecule has 8 fully saturated rings.